The van der Waals surface area contributed by atoms with Crippen LogP contribution in [0.25, 0.3) is 0 Å². The van der Waals surface area contributed by atoms with Gasteiger partial charge in [-0.25, -0.2) is 0 Å². The summed E-state index contributed by atoms with van der Waals surface area (Å²) in [7, 11) is 0. The van der Waals surface area contributed by atoms with Gasteiger partial charge in [0.25, 0.3) is 11.6 Å². The first-order valence-electron chi connectivity index (χ1n) is 10.5. The van der Waals surface area contributed by atoms with Crippen LogP contribution in [0.4, 0.5) is 17.1 Å². The van der Waals surface area contributed by atoms with E-state index in [0.29, 0.717) is 34.9 Å². The highest BCUT2D eigenvalue weighted by atomic mass is 32.2. The van der Waals surface area contributed by atoms with Gasteiger partial charge in [0.15, 0.2) is 11.5 Å². The van der Waals surface area contributed by atoms with E-state index in [-0.39, 0.29) is 29.5 Å². The highest BCUT2D eigenvalue weighted by Crippen LogP contribution is 2.35. The van der Waals surface area contributed by atoms with Crippen LogP contribution < -0.4 is 20.1 Å². The average Bonchev–Trinajstić information content (AvgIpc) is 3.30. The zero-order valence-electron chi connectivity index (χ0n) is 18.1. The van der Waals surface area contributed by atoms with Gasteiger partial charge < -0.3 is 20.1 Å². The fraction of sp³-hybridized carbons (Fsp3) is 0.167. The Morgan fingerprint density at radius 2 is 1.74 bits per heavy atom. The van der Waals surface area contributed by atoms with Crippen LogP contribution in [0.3, 0.4) is 0 Å². The number of fused-ring (bicyclic) bond motifs is 1. The molecule has 1 atom stereocenters. The molecule has 1 aliphatic heterocycles. The maximum atomic E-state index is 12.8. The van der Waals surface area contributed by atoms with E-state index in [1.54, 1.807) is 36.4 Å². The number of rotatable bonds is 8. The summed E-state index contributed by atoms with van der Waals surface area (Å²) in [6.45, 7) is 2.09. The number of thioether (sulfide) groups is 1. The first-order chi connectivity index (χ1) is 16.4. The van der Waals surface area contributed by atoms with Gasteiger partial charge in [-0.1, -0.05) is 13.0 Å². The van der Waals surface area contributed by atoms with Crippen molar-refractivity contribution in [2.24, 2.45) is 0 Å². The quantitative estimate of drug-likeness (QED) is 0.262. The van der Waals surface area contributed by atoms with Crippen LogP contribution in [0.2, 0.25) is 0 Å². The van der Waals surface area contributed by atoms with Gasteiger partial charge >= 0.3 is 0 Å². The summed E-state index contributed by atoms with van der Waals surface area (Å²) in [5, 5.41) is 16.1. The number of nitrogens with one attached hydrogen (secondary N) is 2. The Morgan fingerprint density at radius 1 is 1.00 bits per heavy atom. The van der Waals surface area contributed by atoms with E-state index in [2.05, 4.69) is 10.6 Å². The summed E-state index contributed by atoms with van der Waals surface area (Å²) in [6.07, 6.45) is 0.598. The van der Waals surface area contributed by atoms with E-state index in [9.17, 15) is 19.7 Å². The first-order valence-corrected chi connectivity index (χ1v) is 11.3. The molecule has 0 bridgehead atoms. The van der Waals surface area contributed by atoms with Crippen LogP contribution >= 0.6 is 11.8 Å². The molecule has 0 spiro atoms. The molecule has 34 heavy (non-hydrogen) atoms. The van der Waals surface area contributed by atoms with Crippen molar-refractivity contribution < 1.29 is 24.0 Å². The number of carbonyl (C=O) groups excluding carboxylic acids is 2. The number of hydrogen-bond acceptors (Lipinski definition) is 7. The molecular formula is C24H21N3O6S. The third-order valence-corrected chi connectivity index (χ3v) is 6.37. The predicted octanol–water partition coefficient (Wildman–Crippen LogP) is 5.09. The molecule has 4 rings (SSSR count). The number of ether oxygens (including phenoxy) is 2. The van der Waals surface area contributed by atoms with Crippen molar-refractivity contribution in [2.75, 3.05) is 17.4 Å². The zero-order valence-corrected chi connectivity index (χ0v) is 19.0. The molecule has 174 valence electrons. The number of carbonyl (C=O) groups is 2. The number of nitro groups is 1. The summed E-state index contributed by atoms with van der Waals surface area (Å²) < 4.78 is 10.6. The molecule has 2 amide bonds. The summed E-state index contributed by atoms with van der Waals surface area (Å²) in [5.41, 5.74) is 1.40. The number of anilines is 2. The van der Waals surface area contributed by atoms with Crippen LogP contribution in [0.15, 0.2) is 71.6 Å². The smallest absolute Gasteiger partial charge is 0.269 e. The third kappa shape index (κ3) is 5.46. The van der Waals surface area contributed by atoms with Crippen LogP contribution in [-0.4, -0.2) is 28.8 Å². The number of hydrogen-bond donors (Lipinski definition) is 2. The zero-order chi connectivity index (χ0) is 24.1. The number of nitro benzene ring substituents is 1. The number of non-ortho nitro benzene ring substituents is 1. The Kier molecular flexibility index (Phi) is 6.98. The van der Waals surface area contributed by atoms with Crippen molar-refractivity contribution in [1.29, 1.82) is 0 Å². The van der Waals surface area contributed by atoms with Gasteiger partial charge in [0, 0.05) is 40.0 Å². The SMILES string of the molecule is CCC(Sc1cccc(NC(=O)c2ccc([N+](=O)[O-])cc2)c1)C(=O)Nc1ccc2c(c1)OCO2. The molecule has 1 unspecified atom stereocenters. The molecule has 2 N–H and O–H groups in total. The van der Waals surface area contributed by atoms with Crippen LogP contribution in [0, 0.1) is 10.1 Å². The minimum Gasteiger partial charge on any atom is -0.454 e. The van der Waals surface area contributed by atoms with Gasteiger partial charge in [-0.15, -0.1) is 11.8 Å². The van der Waals surface area contributed by atoms with Crippen LogP contribution in [-0.2, 0) is 4.79 Å². The van der Waals surface area contributed by atoms with Crippen LogP contribution in [0.1, 0.15) is 23.7 Å². The third-order valence-electron chi connectivity index (χ3n) is 5.01. The topological polar surface area (TPSA) is 120 Å². The van der Waals surface area contributed by atoms with E-state index < -0.39 is 4.92 Å². The van der Waals surface area contributed by atoms with Crippen molar-refractivity contribution in [2.45, 2.75) is 23.5 Å². The van der Waals surface area contributed by atoms with E-state index in [4.69, 9.17) is 9.47 Å². The molecule has 0 radical (unpaired) electrons. The number of amides is 2. The molecule has 10 heteroatoms. The number of nitrogens with zero attached hydrogens (tertiary/aromatic N) is 1. The van der Waals surface area contributed by atoms with Crippen molar-refractivity contribution in [1.82, 2.24) is 0 Å². The summed E-state index contributed by atoms with van der Waals surface area (Å²) in [4.78, 5) is 36.4. The largest absolute Gasteiger partial charge is 0.454 e. The molecule has 9 nitrogen and oxygen atoms in total. The maximum absolute atomic E-state index is 12.8. The van der Waals surface area contributed by atoms with Crippen molar-refractivity contribution in [3.05, 3.63) is 82.4 Å². The van der Waals surface area contributed by atoms with Crippen molar-refractivity contribution in [3.8, 4) is 11.5 Å². The standard InChI is InChI=1S/C24H21N3O6S/c1-2-22(24(29)26-17-8-11-20-21(13-17)33-14-32-20)34-19-5-3-4-16(12-19)25-23(28)15-6-9-18(10-7-15)27(30)31/h3-13,22H,2,14H2,1H3,(H,25,28)(H,26,29). The van der Waals surface area contributed by atoms with Gasteiger partial charge in [-0.3, -0.25) is 19.7 Å². The fourth-order valence-corrected chi connectivity index (χ4v) is 4.28. The second-order valence-electron chi connectivity index (χ2n) is 7.36. The van der Waals surface area contributed by atoms with Gasteiger partial charge in [0.05, 0.1) is 10.2 Å². The lowest BCUT2D eigenvalue weighted by atomic mass is 10.2. The Balaban J connectivity index is 1.39. The summed E-state index contributed by atoms with van der Waals surface area (Å²) >= 11 is 1.39. The normalized spacial score (nSPS) is 12.6. The van der Waals surface area contributed by atoms with Gasteiger partial charge in [0.2, 0.25) is 12.7 Å². The Morgan fingerprint density at radius 3 is 2.47 bits per heavy atom. The number of benzene rings is 3. The highest BCUT2D eigenvalue weighted by Gasteiger charge is 2.20. The monoisotopic (exact) mass is 479 g/mol. The Labute approximate surface area is 199 Å². The Hall–Kier alpha value is -4.05. The molecule has 0 aromatic heterocycles. The van der Waals surface area contributed by atoms with E-state index in [0.717, 1.165) is 4.90 Å². The highest BCUT2D eigenvalue weighted by molar-refractivity contribution is 8.00. The molecule has 0 saturated heterocycles. The summed E-state index contributed by atoms with van der Waals surface area (Å²) in [6, 6.07) is 17.8. The van der Waals surface area contributed by atoms with Gasteiger partial charge in [0.1, 0.15) is 0 Å². The molecule has 1 heterocycles. The predicted molar refractivity (Wildman–Crippen MR) is 129 cm³/mol. The second kappa shape index (κ2) is 10.3. The average molecular weight is 480 g/mol. The molecule has 0 fully saturated rings. The lowest BCUT2D eigenvalue weighted by molar-refractivity contribution is -0.384. The summed E-state index contributed by atoms with van der Waals surface area (Å²) in [5.74, 6) is 0.707. The van der Waals surface area contributed by atoms with Crippen molar-refractivity contribution in [3.63, 3.8) is 0 Å². The molecule has 3 aromatic rings. The molecule has 1 aliphatic rings. The van der Waals surface area contributed by atoms with Crippen LogP contribution in [0.5, 0.6) is 11.5 Å². The first kappa shape index (κ1) is 23.1. The second-order valence-corrected chi connectivity index (χ2v) is 8.63. The molecular weight excluding hydrogens is 458 g/mol. The fourth-order valence-electron chi connectivity index (χ4n) is 3.27. The minimum atomic E-state index is -0.519. The molecule has 3 aromatic carbocycles. The van der Waals surface area contributed by atoms with E-state index in [1.807, 2.05) is 13.0 Å². The maximum Gasteiger partial charge on any atom is 0.269 e. The van der Waals surface area contributed by atoms with E-state index >= 15 is 0 Å². The lowest BCUT2D eigenvalue weighted by Gasteiger charge is -2.16. The van der Waals surface area contributed by atoms with Gasteiger partial charge in [-0.05, 0) is 48.9 Å². The van der Waals surface area contributed by atoms with Crippen molar-refractivity contribution >= 4 is 40.6 Å². The van der Waals surface area contributed by atoms with Gasteiger partial charge in [-0.2, -0.15) is 0 Å². The molecule has 0 saturated carbocycles. The lowest BCUT2D eigenvalue weighted by Crippen LogP contribution is -2.24. The van der Waals surface area contributed by atoms with E-state index in [1.165, 1.54) is 36.0 Å². The molecule has 0 aliphatic carbocycles. The Bertz CT molecular complexity index is 1230. The minimum absolute atomic E-state index is 0.0837.